The number of likely N-dealkylation sites (tertiary alicyclic amines) is 1. The number of hydrogen-bond donors (Lipinski definition) is 2. The number of H-pyrrole nitrogens is 1. The van der Waals surface area contributed by atoms with Crippen LogP contribution in [-0.4, -0.2) is 47.7 Å². The zero-order valence-corrected chi connectivity index (χ0v) is 13.5. The van der Waals surface area contributed by atoms with Crippen LogP contribution in [0, 0.1) is 5.41 Å². The number of ether oxygens (including phenoxy) is 1. The van der Waals surface area contributed by atoms with Gasteiger partial charge in [-0.05, 0) is 42.6 Å². The number of nitrogens with two attached hydrogens (primary N) is 1. The molecule has 6 heteroatoms. The van der Waals surface area contributed by atoms with Crippen LogP contribution >= 0.6 is 0 Å². The fourth-order valence-corrected chi connectivity index (χ4v) is 2.96. The number of nitrogens with zero attached hydrogens (tertiary/aromatic N) is 2. The van der Waals surface area contributed by atoms with Crippen molar-refractivity contribution in [1.82, 2.24) is 15.1 Å². The van der Waals surface area contributed by atoms with Gasteiger partial charge in [0, 0.05) is 18.7 Å². The van der Waals surface area contributed by atoms with E-state index in [2.05, 4.69) is 17.1 Å². The first-order valence-electron chi connectivity index (χ1n) is 7.73. The van der Waals surface area contributed by atoms with Gasteiger partial charge in [-0.2, -0.15) is 5.10 Å². The molecule has 0 spiro atoms. The predicted molar refractivity (Wildman–Crippen MR) is 88.3 cm³/mol. The number of methoxy groups -OCH3 is 1. The van der Waals surface area contributed by atoms with Gasteiger partial charge in [0.15, 0.2) is 0 Å². The van der Waals surface area contributed by atoms with E-state index in [9.17, 15) is 4.79 Å². The maximum Gasteiger partial charge on any atom is 0.257 e. The van der Waals surface area contributed by atoms with Crippen LogP contribution in [0.4, 0.5) is 0 Å². The molecule has 1 aromatic carbocycles. The van der Waals surface area contributed by atoms with Crippen molar-refractivity contribution in [2.45, 2.75) is 13.3 Å². The van der Waals surface area contributed by atoms with Gasteiger partial charge in [0.25, 0.3) is 5.91 Å². The lowest BCUT2D eigenvalue weighted by molar-refractivity contribution is 0.0777. The zero-order valence-electron chi connectivity index (χ0n) is 13.5. The quantitative estimate of drug-likeness (QED) is 0.902. The summed E-state index contributed by atoms with van der Waals surface area (Å²) in [5, 5.41) is 7.00. The minimum Gasteiger partial charge on any atom is -0.497 e. The summed E-state index contributed by atoms with van der Waals surface area (Å²) in [6.07, 6.45) is 2.53. The third kappa shape index (κ3) is 2.94. The molecule has 0 saturated carbocycles. The zero-order chi connectivity index (χ0) is 16.4. The molecule has 2 aromatic rings. The molecule has 1 saturated heterocycles. The second-order valence-electron chi connectivity index (χ2n) is 6.38. The van der Waals surface area contributed by atoms with Gasteiger partial charge in [0.05, 0.1) is 24.6 Å². The van der Waals surface area contributed by atoms with Crippen LogP contribution in [0.15, 0.2) is 30.5 Å². The molecule has 3 N–H and O–H groups in total. The number of rotatable bonds is 4. The van der Waals surface area contributed by atoms with E-state index in [4.69, 9.17) is 10.5 Å². The Morgan fingerprint density at radius 1 is 1.43 bits per heavy atom. The van der Waals surface area contributed by atoms with Crippen molar-refractivity contribution < 1.29 is 9.53 Å². The average molecular weight is 314 g/mol. The van der Waals surface area contributed by atoms with Gasteiger partial charge in [0.2, 0.25) is 0 Å². The van der Waals surface area contributed by atoms with Gasteiger partial charge < -0.3 is 15.4 Å². The molecule has 1 fully saturated rings. The van der Waals surface area contributed by atoms with Gasteiger partial charge in [-0.15, -0.1) is 0 Å². The highest BCUT2D eigenvalue weighted by Crippen LogP contribution is 2.31. The highest BCUT2D eigenvalue weighted by Gasteiger charge is 2.36. The topological polar surface area (TPSA) is 84.2 Å². The molecule has 0 aliphatic carbocycles. The highest BCUT2D eigenvalue weighted by atomic mass is 16.5. The third-order valence-electron chi connectivity index (χ3n) is 4.59. The van der Waals surface area contributed by atoms with Crippen LogP contribution in [0.3, 0.4) is 0 Å². The maximum atomic E-state index is 12.8. The van der Waals surface area contributed by atoms with Crippen molar-refractivity contribution in [2.24, 2.45) is 11.1 Å². The fourth-order valence-electron chi connectivity index (χ4n) is 2.96. The van der Waals surface area contributed by atoms with Crippen LogP contribution < -0.4 is 10.5 Å². The molecule has 1 aliphatic heterocycles. The molecule has 0 radical (unpaired) electrons. The molecule has 1 amide bonds. The van der Waals surface area contributed by atoms with Gasteiger partial charge in [-0.3, -0.25) is 9.89 Å². The number of benzene rings is 1. The van der Waals surface area contributed by atoms with Gasteiger partial charge in [0.1, 0.15) is 5.75 Å². The van der Waals surface area contributed by atoms with Crippen molar-refractivity contribution in [3.8, 4) is 17.0 Å². The number of carbonyl (C=O) groups excluding carboxylic acids is 1. The lowest BCUT2D eigenvalue weighted by Gasteiger charge is -2.22. The van der Waals surface area contributed by atoms with Crippen LogP contribution in [-0.2, 0) is 0 Å². The Labute approximate surface area is 135 Å². The number of aromatic nitrogens is 2. The molecule has 6 nitrogen and oxygen atoms in total. The summed E-state index contributed by atoms with van der Waals surface area (Å²) in [4.78, 5) is 14.7. The summed E-state index contributed by atoms with van der Waals surface area (Å²) in [5.74, 6) is 0.779. The summed E-state index contributed by atoms with van der Waals surface area (Å²) < 4.78 is 5.17. The lowest BCUT2D eigenvalue weighted by Crippen LogP contribution is -2.34. The van der Waals surface area contributed by atoms with E-state index in [-0.39, 0.29) is 11.3 Å². The first-order chi connectivity index (χ1) is 11.1. The molecule has 1 aromatic heterocycles. The third-order valence-corrected chi connectivity index (χ3v) is 4.59. The largest absolute Gasteiger partial charge is 0.497 e. The van der Waals surface area contributed by atoms with E-state index >= 15 is 0 Å². The Bertz CT molecular complexity index is 695. The number of amides is 1. The Hall–Kier alpha value is -2.34. The second kappa shape index (κ2) is 6.04. The molecular weight excluding hydrogens is 292 g/mol. The standard InChI is InChI=1S/C17H22N4O2/c1-17(10-18)7-8-21(11-17)16(22)14-9-19-20-15(14)12-3-5-13(23-2)6-4-12/h3-6,9H,7-8,10-11,18H2,1-2H3,(H,19,20). The van der Waals surface area contributed by atoms with Crippen molar-refractivity contribution in [3.05, 3.63) is 36.0 Å². The number of nitrogens with one attached hydrogen (secondary N) is 1. The Morgan fingerprint density at radius 2 is 2.17 bits per heavy atom. The summed E-state index contributed by atoms with van der Waals surface area (Å²) in [7, 11) is 1.63. The molecule has 1 unspecified atom stereocenters. The van der Waals surface area contributed by atoms with Crippen LogP contribution in [0.5, 0.6) is 5.75 Å². The molecular formula is C17H22N4O2. The highest BCUT2D eigenvalue weighted by molar-refractivity contribution is 5.99. The van der Waals surface area contributed by atoms with Crippen molar-refractivity contribution in [2.75, 3.05) is 26.7 Å². The van der Waals surface area contributed by atoms with E-state index in [1.165, 1.54) is 0 Å². The predicted octanol–water partition coefficient (Wildman–Crippen LogP) is 1.90. The Kier molecular flexibility index (Phi) is 4.09. The van der Waals surface area contributed by atoms with E-state index in [0.717, 1.165) is 30.0 Å². The average Bonchev–Trinajstić information content (AvgIpc) is 3.22. The summed E-state index contributed by atoms with van der Waals surface area (Å²) in [5.41, 5.74) is 8.08. The molecule has 2 heterocycles. The maximum absolute atomic E-state index is 12.8. The second-order valence-corrected chi connectivity index (χ2v) is 6.38. The van der Waals surface area contributed by atoms with Gasteiger partial charge >= 0.3 is 0 Å². The first kappa shape index (κ1) is 15.6. The van der Waals surface area contributed by atoms with Crippen molar-refractivity contribution in [3.63, 3.8) is 0 Å². The molecule has 0 bridgehead atoms. The fraction of sp³-hybridized carbons (Fsp3) is 0.412. The van der Waals surface area contributed by atoms with E-state index in [1.54, 1.807) is 13.3 Å². The summed E-state index contributed by atoms with van der Waals surface area (Å²) in [6.45, 7) is 4.14. The minimum atomic E-state index is 0.00161. The minimum absolute atomic E-state index is 0.00161. The smallest absolute Gasteiger partial charge is 0.257 e. The Morgan fingerprint density at radius 3 is 2.78 bits per heavy atom. The monoisotopic (exact) mass is 314 g/mol. The first-order valence-corrected chi connectivity index (χ1v) is 7.73. The molecule has 1 atom stereocenters. The van der Waals surface area contributed by atoms with Crippen LogP contribution in [0.1, 0.15) is 23.7 Å². The normalized spacial score (nSPS) is 20.7. The van der Waals surface area contributed by atoms with Crippen molar-refractivity contribution >= 4 is 5.91 Å². The SMILES string of the molecule is COc1ccc(-c2[nH]ncc2C(=O)N2CCC(C)(CN)C2)cc1. The number of aromatic amines is 1. The molecule has 122 valence electrons. The van der Waals surface area contributed by atoms with E-state index in [0.29, 0.717) is 18.7 Å². The molecule has 3 rings (SSSR count). The van der Waals surface area contributed by atoms with E-state index in [1.807, 2.05) is 29.2 Å². The van der Waals surface area contributed by atoms with Crippen molar-refractivity contribution in [1.29, 1.82) is 0 Å². The summed E-state index contributed by atoms with van der Waals surface area (Å²) in [6, 6.07) is 7.56. The summed E-state index contributed by atoms with van der Waals surface area (Å²) >= 11 is 0. The Balaban J connectivity index is 1.84. The molecule has 23 heavy (non-hydrogen) atoms. The van der Waals surface area contributed by atoms with Crippen LogP contribution in [0.25, 0.3) is 11.3 Å². The lowest BCUT2D eigenvalue weighted by atomic mass is 9.90. The molecule has 1 aliphatic rings. The number of carbonyl (C=O) groups is 1. The van der Waals surface area contributed by atoms with Gasteiger partial charge in [-0.25, -0.2) is 0 Å². The van der Waals surface area contributed by atoms with Crippen LogP contribution in [0.2, 0.25) is 0 Å². The number of hydrogen-bond acceptors (Lipinski definition) is 4. The van der Waals surface area contributed by atoms with E-state index < -0.39 is 0 Å². The van der Waals surface area contributed by atoms with Gasteiger partial charge in [-0.1, -0.05) is 6.92 Å².